The smallest absolute Gasteiger partial charge is 0.260 e. The lowest BCUT2D eigenvalue weighted by molar-refractivity contribution is 0.157. The van der Waals surface area contributed by atoms with Gasteiger partial charge in [0.15, 0.2) is 5.03 Å². The molecule has 1 fully saturated rings. The largest absolute Gasteiger partial charge is 0.384 e. The lowest BCUT2D eigenvalue weighted by Gasteiger charge is -2.14. The van der Waals surface area contributed by atoms with Crippen LogP contribution in [0.4, 0.5) is 0 Å². The fourth-order valence-electron chi connectivity index (χ4n) is 2.18. The summed E-state index contributed by atoms with van der Waals surface area (Å²) in [6.45, 7) is 3.61. The number of aromatic nitrogens is 2. The highest BCUT2D eigenvalue weighted by Crippen LogP contribution is 2.23. The molecule has 1 aliphatic rings. The molecule has 1 unspecified atom stereocenters. The molecule has 0 aliphatic carbocycles. The van der Waals surface area contributed by atoms with Crippen LogP contribution in [0.15, 0.2) is 11.2 Å². The summed E-state index contributed by atoms with van der Waals surface area (Å²) in [5, 5.41) is 0.192. The molecule has 1 N–H and O–H groups in total. The van der Waals surface area contributed by atoms with Crippen LogP contribution in [0.1, 0.15) is 19.2 Å². The molecule has 0 aromatic carbocycles. The van der Waals surface area contributed by atoms with E-state index >= 15 is 0 Å². The number of nitrogens with one attached hydrogen (secondary N) is 1. The van der Waals surface area contributed by atoms with Crippen molar-refractivity contribution in [2.45, 2.75) is 24.8 Å². The van der Waals surface area contributed by atoms with E-state index < -0.39 is 10.0 Å². The topological polar surface area (TPSA) is 75.3 Å². The molecule has 18 heavy (non-hydrogen) atoms. The number of nitrogens with zero attached hydrogens (tertiary/aromatic N) is 2. The van der Waals surface area contributed by atoms with E-state index in [-0.39, 0.29) is 5.03 Å². The van der Waals surface area contributed by atoms with E-state index in [4.69, 9.17) is 4.74 Å². The highest BCUT2D eigenvalue weighted by molar-refractivity contribution is 7.89. The first-order chi connectivity index (χ1) is 8.57. The quantitative estimate of drug-likeness (QED) is 0.853. The summed E-state index contributed by atoms with van der Waals surface area (Å²) in [6.07, 6.45) is 2.95. The van der Waals surface area contributed by atoms with Gasteiger partial charge in [0.05, 0.1) is 12.8 Å². The molecule has 0 saturated carbocycles. The summed E-state index contributed by atoms with van der Waals surface area (Å²) < 4.78 is 31.2. The molecule has 0 amide bonds. The monoisotopic (exact) mass is 273 g/mol. The van der Waals surface area contributed by atoms with Crippen molar-refractivity contribution >= 4 is 10.0 Å². The van der Waals surface area contributed by atoms with E-state index in [0.29, 0.717) is 37.9 Å². The molecule has 102 valence electrons. The molecule has 1 saturated heterocycles. The number of hydrogen-bond acceptors (Lipinski definition) is 4. The zero-order chi connectivity index (χ0) is 13.2. The van der Waals surface area contributed by atoms with Gasteiger partial charge in [-0.05, 0) is 12.3 Å². The van der Waals surface area contributed by atoms with Crippen molar-refractivity contribution in [1.29, 1.82) is 0 Å². The summed E-state index contributed by atoms with van der Waals surface area (Å²) in [7, 11) is -1.78. The number of H-pyrrole nitrogens is 1. The van der Waals surface area contributed by atoms with Crippen LogP contribution in [0, 0.1) is 5.92 Å². The molecular weight excluding hydrogens is 254 g/mol. The van der Waals surface area contributed by atoms with Gasteiger partial charge in [-0.3, -0.25) is 0 Å². The van der Waals surface area contributed by atoms with Gasteiger partial charge >= 0.3 is 0 Å². The van der Waals surface area contributed by atoms with Crippen molar-refractivity contribution in [3.63, 3.8) is 0 Å². The number of aromatic amines is 1. The van der Waals surface area contributed by atoms with Crippen molar-refractivity contribution in [2.75, 3.05) is 26.8 Å². The van der Waals surface area contributed by atoms with E-state index in [1.165, 1.54) is 10.5 Å². The molecule has 0 spiro atoms. The Balaban J connectivity index is 2.12. The molecule has 2 rings (SSSR count). The van der Waals surface area contributed by atoms with Gasteiger partial charge in [-0.1, -0.05) is 6.92 Å². The average molecular weight is 273 g/mol. The Hall–Kier alpha value is -0.920. The van der Waals surface area contributed by atoms with Crippen molar-refractivity contribution in [3.8, 4) is 0 Å². The molecule has 1 aliphatic heterocycles. The number of rotatable bonds is 5. The van der Waals surface area contributed by atoms with Gasteiger partial charge in [0, 0.05) is 26.6 Å². The summed E-state index contributed by atoms with van der Waals surface area (Å²) in [5.41, 5.74) is 0. The Labute approximate surface area is 107 Å². The Kier molecular flexibility index (Phi) is 4.04. The number of sulfonamides is 1. The van der Waals surface area contributed by atoms with Crippen LogP contribution in [0.3, 0.4) is 0 Å². The van der Waals surface area contributed by atoms with Gasteiger partial charge in [-0.25, -0.2) is 13.4 Å². The standard InChI is InChI=1S/C11H19N3O3S/c1-3-10-12-6-11(13-10)18(15,16)14-5-4-9(7-14)8-17-2/h6,9H,3-5,7-8H2,1-2H3,(H,12,13). The maximum absolute atomic E-state index is 12.3. The molecular formula is C11H19N3O3S. The maximum Gasteiger partial charge on any atom is 0.260 e. The molecule has 6 nitrogen and oxygen atoms in total. The van der Waals surface area contributed by atoms with E-state index in [2.05, 4.69) is 9.97 Å². The molecule has 1 atom stereocenters. The number of methoxy groups -OCH3 is 1. The summed E-state index contributed by atoms with van der Waals surface area (Å²) in [6, 6.07) is 0. The molecule has 7 heteroatoms. The molecule has 0 radical (unpaired) electrons. The van der Waals surface area contributed by atoms with E-state index in [1.807, 2.05) is 6.92 Å². The molecule has 0 bridgehead atoms. The fraction of sp³-hybridized carbons (Fsp3) is 0.727. The SMILES string of the molecule is CCc1ncc(S(=O)(=O)N2CCC(COC)C2)[nH]1. The Bertz CT molecular complexity index is 497. The van der Waals surface area contributed by atoms with Crippen molar-refractivity contribution in [1.82, 2.24) is 14.3 Å². The van der Waals surface area contributed by atoms with Gasteiger partial charge in [-0.2, -0.15) is 4.31 Å². The third kappa shape index (κ3) is 2.57. The predicted octanol–water partition coefficient (Wildman–Crippen LogP) is 0.629. The average Bonchev–Trinajstić information content (AvgIpc) is 2.98. The second kappa shape index (κ2) is 5.38. The predicted molar refractivity (Wildman–Crippen MR) is 66.7 cm³/mol. The lowest BCUT2D eigenvalue weighted by atomic mass is 10.1. The number of imidazole rings is 1. The van der Waals surface area contributed by atoms with Crippen LogP contribution in [-0.2, 0) is 21.2 Å². The summed E-state index contributed by atoms with van der Waals surface area (Å²) in [5.74, 6) is 0.986. The summed E-state index contributed by atoms with van der Waals surface area (Å²) in [4.78, 5) is 6.90. The van der Waals surface area contributed by atoms with Crippen LogP contribution < -0.4 is 0 Å². The second-order valence-electron chi connectivity index (χ2n) is 4.52. The minimum Gasteiger partial charge on any atom is -0.384 e. The zero-order valence-corrected chi connectivity index (χ0v) is 11.5. The second-order valence-corrected chi connectivity index (χ2v) is 6.43. The van der Waals surface area contributed by atoms with Gasteiger partial charge in [0.2, 0.25) is 0 Å². The molecule has 1 aromatic heterocycles. The Morgan fingerprint density at radius 1 is 1.61 bits per heavy atom. The van der Waals surface area contributed by atoms with Crippen molar-refractivity contribution in [3.05, 3.63) is 12.0 Å². The Morgan fingerprint density at radius 2 is 2.39 bits per heavy atom. The van der Waals surface area contributed by atoms with E-state index in [9.17, 15) is 8.42 Å². The number of hydrogen-bond donors (Lipinski definition) is 1. The van der Waals surface area contributed by atoms with Crippen LogP contribution in [-0.4, -0.2) is 49.5 Å². The highest BCUT2D eigenvalue weighted by Gasteiger charge is 2.33. The first-order valence-corrected chi connectivity index (χ1v) is 7.55. The maximum atomic E-state index is 12.3. The third-order valence-corrected chi connectivity index (χ3v) is 4.98. The first-order valence-electron chi connectivity index (χ1n) is 6.11. The van der Waals surface area contributed by atoms with E-state index in [1.54, 1.807) is 7.11 Å². The minimum absolute atomic E-state index is 0.192. The van der Waals surface area contributed by atoms with Gasteiger partial charge in [0.1, 0.15) is 5.82 Å². The van der Waals surface area contributed by atoms with Gasteiger partial charge in [-0.15, -0.1) is 0 Å². The van der Waals surface area contributed by atoms with Crippen LogP contribution in [0.5, 0.6) is 0 Å². The number of aryl methyl sites for hydroxylation is 1. The third-order valence-electron chi connectivity index (χ3n) is 3.21. The highest BCUT2D eigenvalue weighted by atomic mass is 32.2. The zero-order valence-electron chi connectivity index (χ0n) is 10.7. The summed E-state index contributed by atoms with van der Waals surface area (Å²) >= 11 is 0. The van der Waals surface area contributed by atoms with Crippen LogP contribution >= 0.6 is 0 Å². The van der Waals surface area contributed by atoms with Crippen molar-refractivity contribution < 1.29 is 13.2 Å². The lowest BCUT2D eigenvalue weighted by Crippen LogP contribution is -2.29. The van der Waals surface area contributed by atoms with Crippen LogP contribution in [0.25, 0.3) is 0 Å². The minimum atomic E-state index is -3.42. The fourth-order valence-corrected chi connectivity index (χ4v) is 3.64. The molecule has 2 heterocycles. The van der Waals surface area contributed by atoms with Crippen molar-refractivity contribution in [2.24, 2.45) is 5.92 Å². The number of ether oxygens (including phenoxy) is 1. The van der Waals surface area contributed by atoms with Gasteiger partial charge < -0.3 is 9.72 Å². The normalized spacial score (nSPS) is 21.6. The van der Waals surface area contributed by atoms with Crippen LogP contribution in [0.2, 0.25) is 0 Å². The first kappa shape index (κ1) is 13.5. The molecule has 1 aromatic rings. The Morgan fingerprint density at radius 3 is 3.00 bits per heavy atom. The van der Waals surface area contributed by atoms with Gasteiger partial charge in [0.25, 0.3) is 10.0 Å². The van der Waals surface area contributed by atoms with E-state index in [0.717, 1.165) is 6.42 Å².